The van der Waals surface area contributed by atoms with Gasteiger partial charge in [0, 0.05) is 23.4 Å². The Morgan fingerprint density at radius 1 is 1.27 bits per heavy atom. The van der Waals surface area contributed by atoms with Gasteiger partial charge in [0.15, 0.2) is 0 Å². The highest BCUT2D eigenvalue weighted by Crippen LogP contribution is 2.36. The van der Waals surface area contributed by atoms with Gasteiger partial charge in [0.05, 0.1) is 23.6 Å². The van der Waals surface area contributed by atoms with Crippen LogP contribution in [0.15, 0.2) is 42.7 Å². The first kappa shape index (κ1) is 16.6. The second kappa shape index (κ2) is 6.81. The molecule has 5 nitrogen and oxygen atoms in total. The number of piperidine rings is 1. The summed E-state index contributed by atoms with van der Waals surface area (Å²) in [6.07, 6.45) is 5.94. The molecule has 0 bridgehead atoms. The third kappa shape index (κ3) is 3.16. The van der Waals surface area contributed by atoms with E-state index in [0.29, 0.717) is 12.2 Å². The highest BCUT2D eigenvalue weighted by atomic mass is 16.5. The summed E-state index contributed by atoms with van der Waals surface area (Å²) in [6.45, 7) is 5.07. The summed E-state index contributed by atoms with van der Waals surface area (Å²) >= 11 is 0. The molecular formula is C21H22N4O. The zero-order valence-corrected chi connectivity index (χ0v) is 14.9. The maximum absolute atomic E-state index is 9.18. The zero-order valence-electron chi connectivity index (χ0n) is 14.9. The van der Waals surface area contributed by atoms with Crippen LogP contribution in [0.5, 0.6) is 5.75 Å². The van der Waals surface area contributed by atoms with Crippen molar-refractivity contribution >= 4 is 11.0 Å². The Morgan fingerprint density at radius 2 is 2.12 bits per heavy atom. The fourth-order valence-corrected chi connectivity index (χ4v) is 3.56. The number of aromatic nitrogens is 2. The van der Waals surface area contributed by atoms with Crippen LogP contribution in [0.1, 0.15) is 25.3 Å². The molecule has 5 heteroatoms. The molecule has 0 saturated carbocycles. The van der Waals surface area contributed by atoms with Crippen LogP contribution in [0.4, 0.5) is 0 Å². The van der Waals surface area contributed by atoms with Crippen LogP contribution in [0, 0.1) is 16.7 Å². The van der Waals surface area contributed by atoms with Crippen molar-refractivity contribution < 1.29 is 4.74 Å². The Kier molecular flexibility index (Phi) is 4.36. The van der Waals surface area contributed by atoms with Gasteiger partial charge in [0.2, 0.25) is 0 Å². The Bertz CT molecular complexity index is 964. The molecule has 0 radical (unpaired) electrons. The molecule has 0 spiro atoms. The molecule has 26 heavy (non-hydrogen) atoms. The van der Waals surface area contributed by atoms with Gasteiger partial charge in [-0.25, -0.2) is 4.98 Å². The SMILES string of the molecule is CC1(COc2ccnc3[nH]cc(-c4cccc(C#N)c4)c23)CCNCC1. The molecule has 1 fully saturated rings. The van der Waals surface area contributed by atoms with Crippen molar-refractivity contribution in [2.75, 3.05) is 19.7 Å². The monoisotopic (exact) mass is 346 g/mol. The Hall–Kier alpha value is -2.84. The summed E-state index contributed by atoms with van der Waals surface area (Å²) in [5, 5.41) is 13.6. The first-order chi connectivity index (χ1) is 12.7. The molecule has 1 aliphatic rings. The molecule has 0 amide bonds. The second-order valence-corrected chi connectivity index (χ2v) is 7.28. The van der Waals surface area contributed by atoms with Crippen molar-refractivity contribution in [2.45, 2.75) is 19.8 Å². The van der Waals surface area contributed by atoms with E-state index < -0.39 is 0 Å². The minimum Gasteiger partial charge on any atom is -0.492 e. The third-order valence-electron chi connectivity index (χ3n) is 5.22. The number of benzene rings is 1. The van der Waals surface area contributed by atoms with Gasteiger partial charge in [-0.3, -0.25) is 0 Å². The fourth-order valence-electron chi connectivity index (χ4n) is 3.56. The second-order valence-electron chi connectivity index (χ2n) is 7.28. The number of nitrogens with zero attached hydrogens (tertiary/aromatic N) is 2. The van der Waals surface area contributed by atoms with Crippen molar-refractivity contribution in [1.82, 2.24) is 15.3 Å². The number of nitriles is 1. The first-order valence-electron chi connectivity index (χ1n) is 8.99. The highest BCUT2D eigenvalue weighted by Gasteiger charge is 2.28. The summed E-state index contributed by atoms with van der Waals surface area (Å²) in [5.74, 6) is 0.841. The molecule has 1 saturated heterocycles. The predicted molar refractivity (Wildman–Crippen MR) is 102 cm³/mol. The van der Waals surface area contributed by atoms with Gasteiger partial charge >= 0.3 is 0 Å². The minimum atomic E-state index is 0.192. The normalized spacial score (nSPS) is 16.3. The maximum Gasteiger partial charge on any atom is 0.141 e. The predicted octanol–water partition coefficient (Wildman–Crippen LogP) is 3.87. The van der Waals surface area contributed by atoms with E-state index in [9.17, 15) is 5.26 Å². The number of aromatic amines is 1. The molecule has 3 aromatic rings. The fraction of sp³-hybridized carbons (Fsp3) is 0.333. The van der Waals surface area contributed by atoms with Gasteiger partial charge in [-0.1, -0.05) is 19.1 Å². The van der Waals surface area contributed by atoms with E-state index in [2.05, 4.69) is 28.3 Å². The van der Waals surface area contributed by atoms with Crippen LogP contribution in [0.25, 0.3) is 22.2 Å². The summed E-state index contributed by atoms with van der Waals surface area (Å²) < 4.78 is 6.29. The largest absolute Gasteiger partial charge is 0.492 e. The zero-order chi connectivity index (χ0) is 18.0. The third-order valence-corrected chi connectivity index (χ3v) is 5.22. The number of hydrogen-bond donors (Lipinski definition) is 2. The average molecular weight is 346 g/mol. The van der Waals surface area contributed by atoms with Crippen molar-refractivity contribution in [3.05, 3.63) is 48.3 Å². The van der Waals surface area contributed by atoms with E-state index >= 15 is 0 Å². The number of hydrogen-bond acceptors (Lipinski definition) is 4. The number of rotatable bonds is 4. The quantitative estimate of drug-likeness (QED) is 0.752. The van der Waals surface area contributed by atoms with Crippen LogP contribution in [0.2, 0.25) is 0 Å². The molecule has 1 aromatic carbocycles. The number of fused-ring (bicyclic) bond motifs is 1. The molecule has 0 aliphatic carbocycles. The van der Waals surface area contributed by atoms with Gasteiger partial charge in [-0.05, 0) is 49.7 Å². The van der Waals surface area contributed by atoms with E-state index in [-0.39, 0.29) is 5.41 Å². The molecule has 2 N–H and O–H groups in total. The van der Waals surface area contributed by atoms with E-state index in [0.717, 1.165) is 53.8 Å². The van der Waals surface area contributed by atoms with Crippen LogP contribution in [0.3, 0.4) is 0 Å². The van der Waals surface area contributed by atoms with E-state index in [4.69, 9.17) is 4.74 Å². The van der Waals surface area contributed by atoms with Gasteiger partial charge < -0.3 is 15.0 Å². The Balaban J connectivity index is 1.69. The van der Waals surface area contributed by atoms with E-state index in [1.165, 1.54) is 0 Å². The molecule has 3 heterocycles. The Labute approximate surface area is 153 Å². The minimum absolute atomic E-state index is 0.192. The number of H-pyrrole nitrogens is 1. The van der Waals surface area contributed by atoms with Gasteiger partial charge in [-0.15, -0.1) is 0 Å². The van der Waals surface area contributed by atoms with Crippen LogP contribution < -0.4 is 10.1 Å². The van der Waals surface area contributed by atoms with Gasteiger partial charge in [0.25, 0.3) is 0 Å². The lowest BCUT2D eigenvalue weighted by molar-refractivity contribution is 0.124. The lowest BCUT2D eigenvalue weighted by Gasteiger charge is -2.33. The summed E-state index contributed by atoms with van der Waals surface area (Å²) in [4.78, 5) is 7.66. The molecular weight excluding hydrogens is 324 g/mol. The number of pyridine rings is 1. The molecule has 2 aromatic heterocycles. The summed E-state index contributed by atoms with van der Waals surface area (Å²) in [6, 6.07) is 11.7. The highest BCUT2D eigenvalue weighted by molar-refractivity contribution is 5.98. The van der Waals surface area contributed by atoms with Crippen molar-refractivity contribution in [3.63, 3.8) is 0 Å². The number of nitrogens with one attached hydrogen (secondary N) is 2. The molecule has 1 aliphatic heterocycles. The van der Waals surface area contributed by atoms with E-state index in [1.807, 2.05) is 36.5 Å². The smallest absolute Gasteiger partial charge is 0.141 e. The van der Waals surface area contributed by atoms with Crippen molar-refractivity contribution in [2.24, 2.45) is 5.41 Å². The summed E-state index contributed by atoms with van der Waals surface area (Å²) in [7, 11) is 0. The standard InChI is InChI=1S/C21H22N4O/c1-21(6-9-23-10-7-21)14-26-18-5-8-24-20-19(18)17(13-25-20)16-4-2-3-15(11-16)12-22/h2-5,8,11,13,23H,6-7,9-10,14H2,1H3,(H,24,25). The lowest BCUT2D eigenvalue weighted by Crippen LogP contribution is -2.38. The number of ether oxygens (including phenoxy) is 1. The average Bonchev–Trinajstić information content (AvgIpc) is 3.12. The van der Waals surface area contributed by atoms with Crippen molar-refractivity contribution in [3.8, 4) is 22.9 Å². The van der Waals surface area contributed by atoms with E-state index in [1.54, 1.807) is 6.20 Å². The molecule has 132 valence electrons. The van der Waals surface area contributed by atoms with Gasteiger partial charge in [-0.2, -0.15) is 5.26 Å². The maximum atomic E-state index is 9.18. The summed E-state index contributed by atoms with van der Waals surface area (Å²) in [5.41, 5.74) is 3.63. The first-order valence-corrected chi connectivity index (χ1v) is 8.99. The van der Waals surface area contributed by atoms with Gasteiger partial charge in [0.1, 0.15) is 11.4 Å². The molecule has 4 rings (SSSR count). The van der Waals surface area contributed by atoms with Crippen LogP contribution >= 0.6 is 0 Å². The molecule has 0 atom stereocenters. The van der Waals surface area contributed by atoms with Crippen LogP contribution in [-0.4, -0.2) is 29.7 Å². The Morgan fingerprint density at radius 3 is 2.92 bits per heavy atom. The van der Waals surface area contributed by atoms with Crippen molar-refractivity contribution in [1.29, 1.82) is 5.26 Å². The molecule has 0 unspecified atom stereocenters. The topological polar surface area (TPSA) is 73.7 Å². The van der Waals surface area contributed by atoms with Crippen LogP contribution in [-0.2, 0) is 0 Å². The lowest BCUT2D eigenvalue weighted by atomic mass is 9.82.